The van der Waals surface area contributed by atoms with Gasteiger partial charge in [-0.25, -0.2) is 28.9 Å². The van der Waals surface area contributed by atoms with E-state index in [1.807, 2.05) is 4.98 Å². The molecule has 2 fully saturated rings. The SMILES string of the molecule is CO[C@@H]1[C@H](OP(=O)(O)OC[C@H]2O[C@@H](n3ccc(=O)[nH]c3=O)[C@H](O)[C@@H]2O)[C@@H](COP(=O)(O)O)O[C@H]1n1cnc2c(N)ncnc21. The van der Waals surface area contributed by atoms with Crippen LogP contribution in [0.5, 0.6) is 0 Å². The number of nitrogen functional groups attached to an aromatic ring is 1. The lowest BCUT2D eigenvalue weighted by Crippen LogP contribution is -2.38. The molecule has 8 N–H and O–H groups in total. The van der Waals surface area contributed by atoms with Crippen LogP contribution in [0, 0.1) is 0 Å². The number of H-pyrrole nitrogens is 1. The molecule has 9 atom stereocenters. The van der Waals surface area contributed by atoms with Crippen LogP contribution >= 0.6 is 15.6 Å². The number of nitrogens with zero attached hydrogens (tertiary/aromatic N) is 5. The third-order valence-corrected chi connectivity index (χ3v) is 8.22. The molecule has 0 aromatic carbocycles. The third-order valence-electron chi connectivity index (χ3n) is 6.75. The van der Waals surface area contributed by atoms with Crippen LogP contribution in [0.3, 0.4) is 0 Å². The zero-order valence-electron chi connectivity index (χ0n) is 22.4. The average molecular weight is 667 g/mol. The smallest absolute Gasteiger partial charge is 0.387 e. The topological polar surface area (TPSA) is 315 Å². The van der Waals surface area contributed by atoms with Crippen LogP contribution in [0.1, 0.15) is 12.5 Å². The molecule has 0 bridgehead atoms. The zero-order chi connectivity index (χ0) is 32.0. The summed E-state index contributed by atoms with van der Waals surface area (Å²) in [5.41, 5.74) is 4.53. The molecule has 1 unspecified atom stereocenters. The minimum absolute atomic E-state index is 0.0391. The highest BCUT2D eigenvalue weighted by atomic mass is 31.2. The molecule has 22 nitrogen and oxygen atoms in total. The largest absolute Gasteiger partial charge is 0.472 e. The summed E-state index contributed by atoms with van der Waals surface area (Å²) in [7, 11) is -8.96. The van der Waals surface area contributed by atoms with Crippen molar-refractivity contribution in [2.24, 2.45) is 0 Å². The first-order valence-electron chi connectivity index (χ1n) is 12.5. The van der Waals surface area contributed by atoms with Crippen molar-refractivity contribution in [2.75, 3.05) is 26.1 Å². The standard InChI is InChI=1S/C20H27N7O15P2/c1-37-15-14(9(5-38-43(32,33)34)41-19(15)27-7-24-11-16(21)22-6-23-17(11)27)42-44(35,36)39-4-8-12(29)13(30)18(40-8)26-3-2-10(28)25-20(26)31/h2-3,6-9,12-15,18-19,29-30H,4-5H2,1H3,(H,35,36)(H2,21,22,23)(H,25,28,31)(H2,32,33,34)/t8-,9-,12-,13-,14-,15-,18-,19-/m1/s1. The van der Waals surface area contributed by atoms with Gasteiger partial charge in [0.15, 0.2) is 23.9 Å². The first kappa shape index (κ1) is 32.4. The molecule has 0 radical (unpaired) electrons. The molecule has 242 valence electrons. The molecule has 24 heteroatoms. The van der Waals surface area contributed by atoms with Crippen molar-refractivity contribution in [3.8, 4) is 0 Å². The number of hydrogen-bond donors (Lipinski definition) is 7. The first-order valence-corrected chi connectivity index (χ1v) is 15.5. The van der Waals surface area contributed by atoms with Gasteiger partial charge < -0.3 is 44.8 Å². The number of imidazole rings is 1. The molecule has 44 heavy (non-hydrogen) atoms. The predicted molar refractivity (Wildman–Crippen MR) is 140 cm³/mol. The number of nitrogens with one attached hydrogen (secondary N) is 1. The van der Waals surface area contributed by atoms with Crippen molar-refractivity contribution in [3.63, 3.8) is 0 Å². The Bertz CT molecular complexity index is 1710. The fourth-order valence-electron chi connectivity index (χ4n) is 4.75. The molecule has 0 saturated carbocycles. The number of aromatic nitrogens is 6. The molecule has 2 aliphatic rings. The number of aromatic amines is 1. The zero-order valence-corrected chi connectivity index (χ0v) is 24.2. The Morgan fingerprint density at radius 1 is 0.977 bits per heavy atom. The number of hydrogen-bond acceptors (Lipinski definition) is 16. The number of methoxy groups -OCH3 is 1. The minimum Gasteiger partial charge on any atom is -0.387 e. The number of aliphatic hydroxyl groups is 2. The number of phosphoric acid groups is 2. The first-order chi connectivity index (χ1) is 20.7. The van der Waals surface area contributed by atoms with Gasteiger partial charge in [-0.05, 0) is 0 Å². The van der Waals surface area contributed by atoms with Crippen molar-refractivity contribution in [1.29, 1.82) is 0 Å². The van der Waals surface area contributed by atoms with E-state index in [1.54, 1.807) is 0 Å². The minimum atomic E-state index is -5.13. The highest BCUT2D eigenvalue weighted by Gasteiger charge is 2.52. The summed E-state index contributed by atoms with van der Waals surface area (Å²) >= 11 is 0. The molecule has 3 aromatic rings. The van der Waals surface area contributed by atoms with Crippen LogP contribution in [0.2, 0.25) is 0 Å². The number of rotatable bonds is 11. The third kappa shape index (κ3) is 6.67. The van der Waals surface area contributed by atoms with Gasteiger partial charge in [-0.2, -0.15) is 0 Å². The average Bonchev–Trinajstić information content (AvgIpc) is 3.60. The van der Waals surface area contributed by atoms with Crippen LogP contribution in [0.4, 0.5) is 5.82 Å². The molecule has 5 heterocycles. The fourth-order valence-corrected chi connectivity index (χ4v) is 6.05. The number of phosphoric ester groups is 2. The second kappa shape index (κ2) is 12.4. The maximum absolute atomic E-state index is 13.1. The van der Waals surface area contributed by atoms with E-state index in [0.717, 1.165) is 23.2 Å². The van der Waals surface area contributed by atoms with Gasteiger partial charge >= 0.3 is 21.3 Å². The van der Waals surface area contributed by atoms with Crippen molar-refractivity contribution < 1.29 is 61.8 Å². The van der Waals surface area contributed by atoms with Crippen LogP contribution in [-0.2, 0) is 36.9 Å². The Kier molecular flexibility index (Phi) is 9.18. The van der Waals surface area contributed by atoms with Gasteiger partial charge in [0.25, 0.3) is 5.56 Å². The molecule has 0 spiro atoms. The number of aliphatic hydroxyl groups excluding tert-OH is 2. The molecule has 0 aliphatic carbocycles. The van der Waals surface area contributed by atoms with Crippen LogP contribution in [0.15, 0.2) is 34.5 Å². The summed E-state index contributed by atoms with van der Waals surface area (Å²) in [5, 5.41) is 20.8. The molecule has 2 aliphatic heterocycles. The molecular formula is C20H27N7O15P2. The van der Waals surface area contributed by atoms with Crippen molar-refractivity contribution in [1.82, 2.24) is 29.1 Å². The number of anilines is 1. The highest BCUT2D eigenvalue weighted by Crippen LogP contribution is 2.50. The number of fused-ring (bicyclic) bond motifs is 1. The van der Waals surface area contributed by atoms with Gasteiger partial charge in [0, 0.05) is 19.4 Å². The molecule has 2 saturated heterocycles. The normalized spacial score (nSPS) is 30.6. The highest BCUT2D eigenvalue weighted by molar-refractivity contribution is 7.47. The summed E-state index contributed by atoms with van der Waals surface area (Å²) in [5.74, 6) is 0.0391. The second-order valence-electron chi connectivity index (χ2n) is 9.53. The molecular weight excluding hydrogens is 640 g/mol. The van der Waals surface area contributed by atoms with Gasteiger partial charge in [0.2, 0.25) is 0 Å². The Labute approximate surface area is 244 Å². The van der Waals surface area contributed by atoms with Crippen LogP contribution in [-0.4, -0.2) is 111 Å². The molecule has 3 aromatic heterocycles. The Morgan fingerprint density at radius 3 is 2.36 bits per heavy atom. The Balaban J connectivity index is 1.34. The maximum atomic E-state index is 13.1. The number of ether oxygens (including phenoxy) is 3. The van der Waals surface area contributed by atoms with Crippen molar-refractivity contribution in [2.45, 2.75) is 49.1 Å². The van der Waals surface area contributed by atoms with E-state index in [1.165, 1.54) is 18.0 Å². The molecule has 5 rings (SSSR count). The van der Waals surface area contributed by atoms with E-state index in [4.69, 9.17) is 29.0 Å². The van der Waals surface area contributed by atoms with E-state index < -0.39 is 89.2 Å². The second-order valence-corrected chi connectivity index (χ2v) is 12.2. The monoisotopic (exact) mass is 667 g/mol. The Morgan fingerprint density at radius 2 is 1.68 bits per heavy atom. The van der Waals surface area contributed by atoms with E-state index in [0.29, 0.717) is 0 Å². The summed E-state index contributed by atoms with van der Waals surface area (Å²) in [6, 6.07) is 0.980. The van der Waals surface area contributed by atoms with Crippen molar-refractivity contribution >= 4 is 32.6 Å². The van der Waals surface area contributed by atoms with Gasteiger partial charge in [0.1, 0.15) is 48.5 Å². The summed E-state index contributed by atoms with van der Waals surface area (Å²) in [6.45, 7) is -1.68. The lowest BCUT2D eigenvalue weighted by molar-refractivity contribution is -0.0610. The van der Waals surface area contributed by atoms with Crippen LogP contribution < -0.4 is 17.0 Å². The van der Waals surface area contributed by atoms with E-state index in [-0.39, 0.29) is 17.0 Å². The summed E-state index contributed by atoms with van der Waals surface area (Å²) in [6.07, 6.45) is -8.40. The van der Waals surface area contributed by atoms with E-state index in [9.17, 15) is 43.6 Å². The maximum Gasteiger partial charge on any atom is 0.472 e. The predicted octanol–water partition coefficient (Wildman–Crippen LogP) is -2.90. The van der Waals surface area contributed by atoms with Crippen LogP contribution in [0.25, 0.3) is 11.2 Å². The lowest BCUT2D eigenvalue weighted by atomic mass is 10.1. The lowest BCUT2D eigenvalue weighted by Gasteiger charge is -2.26. The molecule has 0 amide bonds. The van der Waals surface area contributed by atoms with E-state index in [2.05, 4.69) is 19.5 Å². The fraction of sp³-hybridized carbons (Fsp3) is 0.550. The quantitative estimate of drug-likeness (QED) is 0.101. The van der Waals surface area contributed by atoms with Gasteiger partial charge in [0.05, 0.1) is 19.5 Å². The Hall–Kier alpha value is -2.95. The van der Waals surface area contributed by atoms with Gasteiger partial charge in [-0.15, -0.1) is 0 Å². The van der Waals surface area contributed by atoms with Gasteiger partial charge in [-0.1, -0.05) is 0 Å². The van der Waals surface area contributed by atoms with Crippen molar-refractivity contribution in [3.05, 3.63) is 45.8 Å². The summed E-state index contributed by atoms with van der Waals surface area (Å²) < 4.78 is 58.3. The van der Waals surface area contributed by atoms with Gasteiger partial charge in [-0.3, -0.25) is 32.5 Å². The number of nitrogens with two attached hydrogens (primary N) is 1. The van der Waals surface area contributed by atoms with E-state index >= 15 is 0 Å². The summed E-state index contributed by atoms with van der Waals surface area (Å²) in [4.78, 5) is 66.5.